The number of benzene rings is 2. The van der Waals surface area contributed by atoms with Crippen LogP contribution in [-0.4, -0.2) is 45.9 Å². The van der Waals surface area contributed by atoms with Crippen molar-refractivity contribution < 1.29 is 9.47 Å². The fraction of sp³-hybridized carbons (Fsp3) is 0.458. The van der Waals surface area contributed by atoms with Crippen LogP contribution in [-0.2, 0) is 16.6 Å². The molecule has 2 aromatic rings. The van der Waals surface area contributed by atoms with Gasteiger partial charge in [0, 0.05) is 44.5 Å². The highest BCUT2D eigenvalue weighted by Crippen LogP contribution is 2.35. The van der Waals surface area contributed by atoms with E-state index in [1.165, 1.54) is 16.8 Å². The van der Waals surface area contributed by atoms with Crippen LogP contribution >= 0.6 is 0 Å². The quantitative estimate of drug-likeness (QED) is 0.620. The Hall–Kier alpha value is -2.53. The van der Waals surface area contributed by atoms with E-state index >= 15 is 0 Å². The van der Waals surface area contributed by atoms with E-state index < -0.39 is 0 Å². The molecule has 1 fully saturated rings. The van der Waals surface area contributed by atoms with Crippen LogP contribution in [0, 0.1) is 0 Å². The second kappa shape index (κ2) is 8.87. The van der Waals surface area contributed by atoms with Gasteiger partial charge in [0.15, 0.2) is 5.96 Å². The molecule has 1 N–H and O–H groups in total. The fourth-order valence-electron chi connectivity index (χ4n) is 4.50. The minimum absolute atomic E-state index is 0.0399. The number of hydrogen-bond donors (Lipinski definition) is 1. The summed E-state index contributed by atoms with van der Waals surface area (Å²) in [6, 6.07) is 17.2. The van der Waals surface area contributed by atoms with Crippen molar-refractivity contribution in [1.82, 2.24) is 5.32 Å². The molecule has 0 bridgehead atoms. The van der Waals surface area contributed by atoms with Gasteiger partial charge in [0.2, 0.25) is 0 Å². The average molecular weight is 394 g/mol. The first kappa shape index (κ1) is 19.8. The Morgan fingerprint density at radius 2 is 1.90 bits per heavy atom. The summed E-state index contributed by atoms with van der Waals surface area (Å²) in [6.45, 7) is 6.10. The van der Waals surface area contributed by atoms with Crippen molar-refractivity contribution in [2.24, 2.45) is 4.99 Å². The molecule has 2 heterocycles. The van der Waals surface area contributed by atoms with Gasteiger partial charge in [0.25, 0.3) is 0 Å². The Bertz CT molecular complexity index is 841. The lowest BCUT2D eigenvalue weighted by atomic mass is 9.74. The first-order chi connectivity index (χ1) is 14.3. The summed E-state index contributed by atoms with van der Waals surface area (Å²) in [7, 11) is 1.87. The van der Waals surface area contributed by atoms with Crippen LogP contribution in [0.1, 0.15) is 30.9 Å². The number of nitrogens with one attached hydrogen (secondary N) is 1. The van der Waals surface area contributed by atoms with Gasteiger partial charge in [-0.05, 0) is 55.5 Å². The topological polar surface area (TPSA) is 46.1 Å². The van der Waals surface area contributed by atoms with E-state index in [2.05, 4.69) is 63.7 Å². The van der Waals surface area contributed by atoms with Gasteiger partial charge in [0.05, 0.1) is 6.61 Å². The summed E-state index contributed by atoms with van der Waals surface area (Å²) < 4.78 is 11.3. The summed E-state index contributed by atoms with van der Waals surface area (Å²) in [5.74, 6) is 1.88. The van der Waals surface area contributed by atoms with Gasteiger partial charge in [-0.1, -0.05) is 30.3 Å². The molecule has 0 atom stereocenters. The maximum Gasteiger partial charge on any atom is 0.198 e. The van der Waals surface area contributed by atoms with Crippen molar-refractivity contribution in [2.75, 3.05) is 44.9 Å². The van der Waals surface area contributed by atoms with Crippen molar-refractivity contribution in [2.45, 2.75) is 31.6 Å². The van der Waals surface area contributed by atoms with Crippen molar-refractivity contribution in [1.29, 1.82) is 0 Å². The molecular weight excluding hydrogens is 362 g/mol. The molecule has 0 saturated carbocycles. The monoisotopic (exact) mass is 393 g/mol. The third kappa shape index (κ3) is 4.10. The van der Waals surface area contributed by atoms with Gasteiger partial charge in [0.1, 0.15) is 5.75 Å². The Morgan fingerprint density at radius 3 is 2.62 bits per heavy atom. The molecule has 5 nitrogen and oxygen atoms in total. The van der Waals surface area contributed by atoms with Gasteiger partial charge in [-0.3, -0.25) is 4.99 Å². The Labute approximate surface area is 173 Å². The molecule has 5 heteroatoms. The molecule has 0 amide bonds. The van der Waals surface area contributed by atoms with Crippen molar-refractivity contribution in [3.8, 4) is 5.75 Å². The van der Waals surface area contributed by atoms with Crippen LogP contribution in [0.3, 0.4) is 0 Å². The normalized spacial score (nSPS) is 18.4. The number of rotatable bonds is 5. The molecule has 2 aromatic carbocycles. The summed E-state index contributed by atoms with van der Waals surface area (Å²) >= 11 is 0. The van der Waals surface area contributed by atoms with E-state index in [4.69, 9.17) is 9.47 Å². The standard InChI is InChI=1S/C24H31N3O2/c1-3-29-21-10-8-20(9-11-21)24(13-16-28-17-14-24)18-26-23(25-2)27-15-12-19-6-4-5-7-22(19)27/h4-11H,3,12-18H2,1-2H3,(H,25,26). The van der Waals surface area contributed by atoms with Crippen molar-refractivity contribution in [3.05, 3.63) is 59.7 Å². The second-order valence-corrected chi connectivity index (χ2v) is 7.78. The van der Waals surface area contributed by atoms with E-state index in [1.54, 1.807) is 0 Å². The average Bonchev–Trinajstić information content (AvgIpc) is 3.20. The zero-order valence-corrected chi connectivity index (χ0v) is 17.5. The first-order valence-electron chi connectivity index (χ1n) is 10.6. The number of para-hydroxylation sites is 1. The number of guanidine groups is 1. The summed E-state index contributed by atoms with van der Waals surface area (Å²) in [5.41, 5.74) is 4.04. The zero-order chi connectivity index (χ0) is 20.1. The minimum atomic E-state index is 0.0399. The number of hydrogen-bond acceptors (Lipinski definition) is 3. The Balaban J connectivity index is 1.52. The van der Waals surface area contributed by atoms with E-state index in [0.717, 1.165) is 57.3 Å². The summed E-state index contributed by atoms with van der Waals surface area (Å²) in [6.07, 6.45) is 3.07. The van der Waals surface area contributed by atoms with Crippen LogP contribution in [0.5, 0.6) is 5.75 Å². The molecule has 0 aliphatic carbocycles. The number of fused-ring (bicyclic) bond motifs is 1. The maximum absolute atomic E-state index is 5.69. The van der Waals surface area contributed by atoms with E-state index in [1.807, 2.05) is 14.0 Å². The molecule has 29 heavy (non-hydrogen) atoms. The molecule has 154 valence electrons. The van der Waals surface area contributed by atoms with Gasteiger partial charge in [-0.15, -0.1) is 0 Å². The van der Waals surface area contributed by atoms with Crippen LogP contribution in [0.4, 0.5) is 5.69 Å². The lowest BCUT2D eigenvalue weighted by molar-refractivity contribution is 0.0514. The summed E-state index contributed by atoms with van der Waals surface area (Å²) in [5, 5.41) is 3.69. The molecule has 1 saturated heterocycles. The van der Waals surface area contributed by atoms with Gasteiger partial charge >= 0.3 is 0 Å². The van der Waals surface area contributed by atoms with E-state index in [0.29, 0.717) is 6.61 Å². The molecule has 2 aliphatic heterocycles. The van der Waals surface area contributed by atoms with Crippen LogP contribution in [0.15, 0.2) is 53.5 Å². The van der Waals surface area contributed by atoms with Gasteiger partial charge < -0.3 is 19.7 Å². The summed E-state index contributed by atoms with van der Waals surface area (Å²) in [4.78, 5) is 6.90. The minimum Gasteiger partial charge on any atom is -0.494 e. The third-order valence-electron chi connectivity index (χ3n) is 6.17. The largest absolute Gasteiger partial charge is 0.494 e. The SMILES string of the molecule is CCOc1ccc(C2(CNC(=NC)N3CCc4ccccc43)CCOCC2)cc1. The molecule has 0 aromatic heterocycles. The lowest BCUT2D eigenvalue weighted by Gasteiger charge is -2.39. The predicted octanol–water partition coefficient (Wildman–Crippen LogP) is 3.77. The van der Waals surface area contributed by atoms with Crippen LogP contribution < -0.4 is 15.0 Å². The molecule has 4 rings (SSSR count). The highest BCUT2D eigenvalue weighted by atomic mass is 16.5. The second-order valence-electron chi connectivity index (χ2n) is 7.78. The Kier molecular flexibility index (Phi) is 6.05. The maximum atomic E-state index is 5.69. The number of anilines is 1. The molecular formula is C24H31N3O2. The molecule has 0 radical (unpaired) electrons. The number of nitrogens with zero attached hydrogens (tertiary/aromatic N) is 2. The number of aliphatic imine (C=N–C) groups is 1. The lowest BCUT2D eigenvalue weighted by Crippen LogP contribution is -2.49. The van der Waals surface area contributed by atoms with Gasteiger partial charge in [-0.25, -0.2) is 0 Å². The number of ether oxygens (including phenoxy) is 2. The molecule has 0 unspecified atom stereocenters. The highest BCUT2D eigenvalue weighted by Gasteiger charge is 2.35. The van der Waals surface area contributed by atoms with Crippen LogP contribution in [0.2, 0.25) is 0 Å². The fourth-order valence-corrected chi connectivity index (χ4v) is 4.50. The molecule has 2 aliphatic rings. The Morgan fingerprint density at radius 1 is 1.14 bits per heavy atom. The van der Waals surface area contributed by atoms with E-state index in [9.17, 15) is 0 Å². The highest BCUT2D eigenvalue weighted by molar-refractivity contribution is 5.98. The van der Waals surface area contributed by atoms with Crippen molar-refractivity contribution >= 4 is 11.6 Å². The van der Waals surface area contributed by atoms with Gasteiger partial charge in [-0.2, -0.15) is 0 Å². The molecule has 0 spiro atoms. The zero-order valence-electron chi connectivity index (χ0n) is 17.5. The first-order valence-corrected chi connectivity index (χ1v) is 10.6. The predicted molar refractivity (Wildman–Crippen MR) is 118 cm³/mol. The van der Waals surface area contributed by atoms with E-state index in [-0.39, 0.29) is 5.41 Å². The third-order valence-corrected chi connectivity index (χ3v) is 6.17. The van der Waals surface area contributed by atoms with Crippen LogP contribution in [0.25, 0.3) is 0 Å². The smallest absolute Gasteiger partial charge is 0.198 e. The van der Waals surface area contributed by atoms with Crippen molar-refractivity contribution in [3.63, 3.8) is 0 Å².